The van der Waals surface area contributed by atoms with Gasteiger partial charge in [0.1, 0.15) is 0 Å². The van der Waals surface area contributed by atoms with Gasteiger partial charge in [-0.3, -0.25) is 9.59 Å². The molecule has 3 aromatic rings. The van der Waals surface area contributed by atoms with Gasteiger partial charge in [-0.25, -0.2) is 0 Å². The zero-order chi connectivity index (χ0) is 23.0. The summed E-state index contributed by atoms with van der Waals surface area (Å²) in [6.45, 7) is 3.93. The molecule has 8 heteroatoms. The van der Waals surface area contributed by atoms with Crippen molar-refractivity contribution in [2.45, 2.75) is 32.7 Å². The van der Waals surface area contributed by atoms with Crippen LogP contribution in [0.25, 0.3) is 11.1 Å². The van der Waals surface area contributed by atoms with Crippen molar-refractivity contribution in [3.05, 3.63) is 72.1 Å². The third kappa shape index (κ3) is 6.01. The lowest BCUT2D eigenvalue weighted by molar-refractivity contribution is -0.152. The van der Waals surface area contributed by atoms with Crippen LogP contribution in [-0.2, 0) is 16.0 Å². The van der Waals surface area contributed by atoms with E-state index in [9.17, 15) is 14.7 Å². The number of aromatic nitrogens is 3. The van der Waals surface area contributed by atoms with E-state index in [2.05, 4.69) is 20.7 Å². The fourth-order valence-electron chi connectivity index (χ4n) is 3.57. The Kier molecular flexibility index (Phi) is 7.72. The average Bonchev–Trinajstić information content (AvgIpc) is 3.34. The monoisotopic (exact) mass is 436 g/mol. The predicted molar refractivity (Wildman–Crippen MR) is 120 cm³/mol. The van der Waals surface area contributed by atoms with E-state index in [1.54, 1.807) is 6.92 Å². The van der Waals surface area contributed by atoms with Crippen LogP contribution in [0.5, 0.6) is 0 Å². The summed E-state index contributed by atoms with van der Waals surface area (Å²) in [4.78, 5) is 24.6. The van der Waals surface area contributed by atoms with Crippen molar-refractivity contribution in [2.24, 2.45) is 5.41 Å². The minimum absolute atomic E-state index is 0.0576. The van der Waals surface area contributed by atoms with Crippen LogP contribution in [0.1, 0.15) is 36.3 Å². The topological polar surface area (TPSA) is 117 Å². The highest BCUT2D eigenvalue weighted by Crippen LogP contribution is 2.27. The summed E-state index contributed by atoms with van der Waals surface area (Å²) in [6, 6.07) is 17.6. The van der Waals surface area contributed by atoms with E-state index in [0.717, 1.165) is 16.7 Å². The largest absolute Gasteiger partial charge is 0.481 e. The molecular formula is C24H28N4O4. The predicted octanol–water partition coefficient (Wildman–Crippen LogP) is 3.33. The van der Waals surface area contributed by atoms with Crippen LogP contribution in [0, 0.1) is 5.41 Å². The van der Waals surface area contributed by atoms with Gasteiger partial charge in [-0.15, -0.1) is 0 Å². The highest BCUT2D eigenvalue weighted by molar-refractivity contribution is 5.92. The highest BCUT2D eigenvalue weighted by Gasteiger charge is 2.37. The zero-order valence-electron chi connectivity index (χ0n) is 18.2. The molecule has 8 nitrogen and oxygen atoms in total. The fraction of sp³-hybridized carbons (Fsp3) is 0.333. The van der Waals surface area contributed by atoms with Crippen molar-refractivity contribution in [3.8, 4) is 11.1 Å². The Bertz CT molecular complexity index is 1010. The van der Waals surface area contributed by atoms with E-state index in [-0.39, 0.29) is 18.7 Å². The zero-order valence-corrected chi connectivity index (χ0v) is 18.2. The molecule has 1 heterocycles. The number of rotatable bonds is 11. The first-order chi connectivity index (χ1) is 15.4. The molecule has 3 N–H and O–H groups in total. The van der Waals surface area contributed by atoms with Gasteiger partial charge in [0.05, 0.1) is 18.2 Å². The van der Waals surface area contributed by atoms with Gasteiger partial charge in [0, 0.05) is 12.6 Å². The number of carbonyl (C=O) groups is 2. The minimum atomic E-state index is -1.15. The van der Waals surface area contributed by atoms with Gasteiger partial charge >= 0.3 is 5.97 Å². The molecule has 0 saturated carbocycles. The lowest BCUT2D eigenvalue weighted by Crippen LogP contribution is -2.44. The molecule has 1 aromatic heterocycles. The molecule has 168 valence electrons. The third-order valence-corrected chi connectivity index (χ3v) is 5.36. The van der Waals surface area contributed by atoms with Crippen LogP contribution < -0.4 is 5.32 Å². The number of carboxylic acids is 1. The second-order valence-electron chi connectivity index (χ2n) is 8.00. The van der Waals surface area contributed by atoms with Crippen LogP contribution in [0.2, 0.25) is 0 Å². The Morgan fingerprint density at radius 1 is 1.12 bits per heavy atom. The van der Waals surface area contributed by atoms with Gasteiger partial charge < -0.3 is 15.2 Å². The van der Waals surface area contributed by atoms with Crippen LogP contribution in [0.15, 0.2) is 60.8 Å². The summed E-state index contributed by atoms with van der Waals surface area (Å²) in [7, 11) is 0. The molecular weight excluding hydrogens is 408 g/mol. The minimum Gasteiger partial charge on any atom is -0.481 e. The number of nitrogens with one attached hydrogen (secondary N) is 2. The number of ether oxygens (including phenoxy) is 1. The number of carboxylic acid groups (broad SMARTS) is 1. The second-order valence-corrected chi connectivity index (χ2v) is 8.00. The number of aliphatic carboxylic acids is 1. The van der Waals surface area contributed by atoms with Gasteiger partial charge in [0.25, 0.3) is 5.91 Å². The van der Waals surface area contributed by atoms with Crippen molar-refractivity contribution in [1.29, 1.82) is 0 Å². The fourth-order valence-corrected chi connectivity index (χ4v) is 3.57. The molecule has 0 aliphatic heterocycles. The Labute approximate surface area is 187 Å². The van der Waals surface area contributed by atoms with E-state index < -0.39 is 23.3 Å². The summed E-state index contributed by atoms with van der Waals surface area (Å²) < 4.78 is 5.43. The van der Waals surface area contributed by atoms with Gasteiger partial charge in [0.2, 0.25) is 0 Å². The summed E-state index contributed by atoms with van der Waals surface area (Å²) >= 11 is 0. The molecule has 3 rings (SSSR count). The molecule has 0 aliphatic carbocycles. The van der Waals surface area contributed by atoms with E-state index >= 15 is 0 Å². The molecule has 0 aliphatic rings. The first kappa shape index (κ1) is 23.1. The first-order valence-electron chi connectivity index (χ1n) is 10.5. The van der Waals surface area contributed by atoms with E-state index in [4.69, 9.17) is 4.74 Å². The quantitative estimate of drug-likeness (QED) is 0.424. The number of aromatic amines is 1. The first-order valence-corrected chi connectivity index (χ1v) is 10.5. The van der Waals surface area contributed by atoms with Crippen molar-refractivity contribution in [2.75, 3.05) is 13.2 Å². The van der Waals surface area contributed by atoms with Crippen LogP contribution in [0.4, 0.5) is 0 Å². The molecule has 0 spiro atoms. The second kappa shape index (κ2) is 10.7. The lowest BCUT2D eigenvalue weighted by atomic mass is 9.82. The van der Waals surface area contributed by atoms with E-state index in [1.165, 1.54) is 6.20 Å². The summed E-state index contributed by atoms with van der Waals surface area (Å²) in [5, 5.41) is 22.6. The van der Waals surface area contributed by atoms with Gasteiger partial charge in [-0.1, -0.05) is 54.6 Å². The van der Waals surface area contributed by atoms with Crippen molar-refractivity contribution >= 4 is 11.9 Å². The molecule has 0 radical (unpaired) electrons. The maximum atomic E-state index is 12.6. The lowest BCUT2D eigenvalue weighted by Gasteiger charge is -2.30. The SMILES string of the molecule is CCOC[C@](C)(C[C@@H](Cc1ccc(-c2ccccc2)cc1)NC(=O)c1cn[nH]n1)C(=O)O. The summed E-state index contributed by atoms with van der Waals surface area (Å²) in [5.74, 6) is -1.38. The number of benzene rings is 2. The van der Waals surface area contributed by atoms with Crippen LogP contribution in [0.3, 0.4) is 0 Å². The van der Waals surface area contributed by atoms with E-state index in [0.29, 0.717) is 13.0 Å². The van der Waals surface area contributed by atoms with Crippen LogP contribution in [-0.4, -0.2) is 51.6 Å². The van der Waals surface area contributed by atoms with Crippen LogP contribution >= 0.6 is 0 Å². The molecule has 0 saturated heterocycles. The van der Waals surface area contributed by atoms with E-state index in [1.807, 2.05) is 61.5 Å². The number of hydrogen-bond donors (Lipinski definition) is 3. The van der Waals surface area contributed by atoms with Crippen molar-refractivity contribution in [1.82, 2.24) is 20.7 Å². The maximum Gasteiger partial charge on any atom is 0.311 e. The number of carbonyl (C=O) groups excluding carboxylic acids is 1. The molecule has 2 aromatic carbocycles. The number of hydrogen-bond acceptors (Lipinski definition) is 5. The van der Waals surface area contributed by atoms with Crippen molar-refractivity contribution < 1.29 is 19.4 Å². The average molecular weight is 437 g/mol. The number of nitrogens with zero attached hydrogens (tertiary/aromatic N) is 2. The summed E-state index contributed by atoms with van der Waals surface area (Å²) in [5.41, 5.74) is 2.19. The highest BCUT2D eigenvalue weighted by atomic mass is 16.5. The maximum absolute atomic E-state index is 12.6. The van der Waals surface area contributed by atoms with Gasteiger partial charge in [0.15, 0.2) is 5.69 Å². The Morgan fingerprint density at radius 2 is 1.81 bits per heavy atom. The number of amides is 1. The third-order valence-electron chi connectivity index (χ3n) is 5.36. The molecule has 2 atom stereocenters. The summed E-state index contributed by atoms with van der Waals surface area (Å²) in [6.07, 6.45) is 2.00. The molecule has 32 heavy (non-hydrogen) atoms. The smallest absolute Gasteiger partial charge is 0.311 e. The van der Waals surface area contributed by atoms with Crippen molar-refractivity contribution in [3.63, 3.8) is 0 Å². The molecule has 0 unspecified atom stereocenters. The molecule has 1 amide bonds. The molecule has 0 bridgehead atoms. The normalized spacial score (nSPS) is 13.8. The Morgan fingerprint density at radius 3 is 2.41 bits per heavy atom. The number of H-pyrrole nitrogens is 1. The molecule has 0 fully saturated rings. The Hall–Kier alpha value is -3.52. The van der Waals surface area contributed by atoms with Gasteiger partial charge in [-0.2, -0.15) is 15.4 Å². The standard InChI is InChI=1S/C24H28N4O4/c1-3-32-16-24(2,23(30)31)14-20(26-22(29)21-15-25-28-27-21)13-17-9-11-19(12-10-17)18-7-5-4-6-8-18/h4-12,15,20H,3,13-14,16H2,1-2H3,(H,26,29)(H,30,31)(H,25,27,28)/t20-,24+/m1/s1. The Balaban J connectivity index is 1.79. The van der Waals surface area contributed by atoms with Gasteiger partial charge in [-0.05, 0) is 43.4 Å².